The molecule has 0 bridgehead atoms. The number of nitrogens with one attached hydrogen (secondary N) is 2. The quantitative estimate of drug-likeness (QED) is 0.812. The van der Waals surface area contributed by atoms with Crippen molar-refractivity contribution in [3.05, 3.63) is 0 Å². The highest BCUT2D eigenvalue weighted by Gasteiger charge is 2.41. The van der Waals surface area contributed by atoms with Crippen molar-refractivity contribution in [1.82, 2.24) is 15.5 Å². The number of amides is 1. The van der Waals surface area contributed by atoms with E-state index in [-0.39, 0.29) is 17.6 Å². The number of carbonyl (C=O) groups is 1. The maximum Gasteiger partial charge on any atom is 0.234 e. The van der Waals surface area contributed by atoms with Gasteiger partial charge >= 0.3 is 0 Å². The Labute approximate surface area is 127 Å². The Morgan fingerprint density at radius 3 is 2.62 bits per heavy atom. The van der Waals surface area contributed by atoms with Gasteiger partial charge in [0.05, 0.1) is 24.8 Å². The topological polar surface area (TPSA) is 53.6 Å². The fraction of sp³-hybridized carbons (Fsp3) is 0.938. The molecule has 21 heavy (non-hydrogen) atoms. The molecular formula is C16H29N3O2. The summed E-state index contributed by atoms with van der Waals surface area (Å²) in [6.07, 6.45) is 8.22. The van der Waals surface area contributed by atoms with Gasteiger partial charge in [0.2, 0.25) is 5.91 Å². The van der Waals surface area contributed by atoms with Crippen molar-refractivity contribution in [2.24, 2.45) is 0 Å². The summed E-state index contributed by atoms with van der Waals surface area (Å²) < 4.78 is 6.04. The zero-order valence-electron chi connectivity index (χ0n) is 13.0. The maximum absolute atomic E-state index is 12.2. The van der Waals surface area contributed by atoms with Gasteiger partial charge in [-0.1, -0.05) is 12.8 Å². The number of nitrogens with zero attached hydrogens (tertiary/aromatic N) is 1. The number of hydrogen-bond acceptors (Lipinski definition) is 4. The Kier molecular flexibility index (Phi) is 5.14. The summed E-state index contributed by atoms with van der Waals surface area (Å²) in [7, 11) is 0. The molecule has 5 heteroatoms. The Morgan fingerprint density at radius 2 is 1.90 bits per heavy atom. The predicted octanol–water partition coefficient (Wildman–Crippen LogP) is 0.890. The number of carbonyl (C=O) groups excluding carboxylic acids is 1. The molecule has 2 N–H and O–H groups in total. The number of piperidine rings is 1. The van der Waals surface area contributed by atoms with Gasteiger partial charge < -0.3 is 15.4 Å². The van der Waals surface area contributed by atoms with Crippen molar-refractivity contribution in [2.75, 3.05) is 39.3 Å². The summed E-state index contributed by atoms with van der Waals surface area (Å²) in [5.74, 6) is 0.177. The molecule has 3 aliphatic heterocycles. The summed E-state index contributed by atoms with van der Waals surface area (Å²) in [6.45, 7) is 5.47. The zero-order chi connectivity index (χ0) is 14.5. The van der Waals surface area contributed by atoms with E-state index in [1.807, 2.05) is 0 Å². The summed E-state index contributed by atoms with van der Waals surface area (Å²) in [4.78, 5) is 14.5. The van der Waals surface area contributed by atoms with Crippen LogP contribution in [0.25, 0.3) is 0 Å². The van der Waals surface area contributed by atoms with Crippen molar-refractivity contribution < 1.29 is 9.53 Å². The van der Waals surface area contributed by atoms with E-state index in [9.17, 15) is 4.79 Å². The molecule has 1 spiro atoms. The van der Waals surface area contributed by atoms with Crippen molar-refractivity contribution in [3.8, 4) is 0 Å². The average Bonchev–Trinajstić information content (AvgIpc) is 2.70. The molecule has 3 saturated heterocycles. The maximum atomic E-state index is 12.2. The number of hydrogen-bond donors (Lipinski definition) is 2. The minimum atomic E-state index is 0.0335. The van der Waals surface area contributed by atoms with Crippen LogP contribution >= 0.6 is 0 Å². The molecular weight excluding hydrogens is 266 g/mol. The minimum absolute atomic E-state index is 0.0335. The number of rotatable bonds is 3. The van der Waals surface area contributed by atoms with Gasteiger partial charge in [0, 0.05) is 0 Å². The Bertz CT molecular complexity index is 347. The summed E-state index contributed by atoms with van der Waals surface area (Å²) in [6, 6.07) is 0.211. The van der Waals surface area contributed by atoms with Crippen LogP contribution in [0.15, 0.2) is 0 Å². The van der Waals surface area contributed by atoms with Gasteiger partial charge in [0.25, 0.3) is 0 Å². The monoisotopic (exact) mass is 295 g/mol. The van der Waals surface area contributed by atoms with E-state index in [0.29, 0.717) is 13.2 Å². The normalized spacial score (nSPS) is 30.2. The van der Waals surface area contributed by atoms with Gasteiger partial charge in [-0.2, -0.15) is 0 Å². The third-order valence-electron chi connectivity index (χ3n) is 5.15. The zero-order valence-corrected chi connectivity index (χ0v) is 13.0. The molecule has 0 aromatic carbocycles. The second-order valence-corrected chi connectivity index (χ2v) is 6.90. The molecule has 5 nitrogen and oxygen atoms in total. The first-order chi connectivity index (χ1) is 10.3. The highest BCUT2D eigenvalue weighted by Crippen LogP contribution is 2.33. The molecule has 0 aromatic rings. The molecule has 3 aliphatic rings. The fourth-order valence-corrected chi connectivity index (χ4v) is 3.94. The van der Waals surface area contributed by atoms with Crippen LogP contribution in [-0.2, 0) is 9.53 Å². The van der Waals surface area contributed by atoms with Crippen LogP contribution in [0.4, 0.5) is 0 Å². The van der Waals surface area contributed by atoms with Crippen LogP contribution < -0.4 is 10.6 Å². The van der Waals surface area contributed by atoms with Crippen LogP contribution in [0.2, 0.25) is 0 Å². The SMILES string of the molecule is O=C(CN1CCCCCC1)NC1COC2(CCNCC2)C1. The van der Waals surface area contributed by atoms with Crippen molar-refractivity contribution in [3.63, 3.8) is 0 Å². The standard InChI is InChI=1S/C16H29N3O2/c20-15(12-19-9-3-1-2-4-10-19)18-14-11-16(21-13-14)5-7-17-8-6-16/h14,17H,1-13H2,(H,18,20). The molecule has 1 amide bonds. The Balaban J connectivity index is 1.42. The van der Waals surface area contributed by atoms with E-state index in [1.54, 1.807) is 0 Å². The highest BCUT2D eigenvalue weighted by molar-refractivity contribution is 5.78. The van der Waals surface area contributed by atoms with E-state index < -0.39 is 0 Å². The van der Waals surface area contributed by atoms with Crippen LogP contribution in [0.5, 0.6) is 0 Å². The van der Waals surface area contributed by atoms with E-state index in [4.69, 9.17) is 4.74 Å². The largest absolute Gasteiger partial charge is 0.373 e. The van der Waals surface area contributed by atoms with E-state index in [0.717, 1.165) is 45.4 Å². The van der Waals surface area contributed by atoms with Gasteiger partial charge in [-0.25, -0.2) is 0 Å². The lowest BCUT2D eigenvalue weighted by Crippen LogP contribution is -2.45. The minimum Gasteiger partial charge on any atom is -0.373 e. The molecule has 3 rings (SSSR count). The van der Waals surface area contributed by atoms with Gasteiger partial charge in [-0.15, -0.1) is 0 Å². The molecule has 0 saturated carbocycles. The van der Waals surface area contributed by atoms with Gasteiger partial charge in [-0.3, -0.25) is 9.69 Å². The lowest BCUT2D eigenvalue weighted by Gasteiger charge is -2.32. The van der Waals surface area contributed by atoms with E-state index in [2.05, 4.69) is 15.5 Å². The van der Waals surface area contributed by atoms with E-state index in [1.165, 1.54) is 25.7 Å². The van der Waals surface area contributed by atoms with Crippen LogP contribution in [0.1, 0.15) is 44.9 Å². The van der Waals surface area contributed by atoms with Crippen LogP contribution in [0.3, 0.4) is 0 Å². The summed E-state index contributed by atoms with van der Waals surface area (Å²) in [5.41, 5.74) is 0.0335. The lowest BCUT2D eigenvalue weighted by atomic mass is 9.88. The smallest absolute Gasteiger partial charge is 0.234 e. The van der Waals surface area contributed by atoms with Crippen molar-refractivity contribution in [2.45, 2.75) is 56.6 Å². The van der Waals surface area contributed by atoms with E-state index >= 15 is 0 Å². The fourth-order valence-electron chi connectivity index (χ4n) is 3.94. The first-order valence-corrected chi connectivity index (χ1v) is 8.62. The van der Waals surface area contributed by atoms with Gasteiger partial charge in [-0.05, 0) is 58.3 Å². The second kappa shape index (κ2) is 7.07. The molecule has 1 unspecified atom stereocenters. The van der Waals surface area contributed by atoms with Gasteiger partial charge in [0.15, 0.2) is 0 Å². The van der Waals surface area contributed by atoms with Gasteiger partial charge in [0.1, 0.15) is 0 Å². The third kappa shape index (κ3) is 4.18. The number of ether oxygens (including phenoxy) is 1. The highest BCUT2D eigenvalue weighted by atomic mass is 16.5. The van der Waals surface area contributed by atoms with Crippen LogP contribution in [0, 0.1) is 0 Å². The number of likely N-dealkylation sites (tertiary alicyclic amines) is 1. The predicted molar refractivity (Wildman–Crippen MR) is 82.2 cm³/mol. The third-order valence-corrected chi connectivity index (χ3v) is 5.15. The first-order valence-electron chi connectivity index (χ1n) is 8.62. The molecule has 3 heterocycles. The molecule has 120 valence electrons. The summed E-state index contributed by atoms with van der Waals surface area (Å²) >= 11 is 0. The molecule has 0 aromatic heterocycles. The Hall–Kier alpha value is -0.650. The second-order valence-electron chi connectivity index (χ2n) is 6.90. The lowest BCUT2D eigenvalue weighted by molar-refractivity contribution is -0.123. The molecule has 3 fully saturated rings. The summed E-state index contributed by atoms with van der Waals surface area (Å²) in [5, 5.41) is 6.57. The Morgan fingerprint density at radius 1 is 1.19 bits per heavy atom. The molecule has 0 radical (unpaired) electrons. The van der Waals surface area contributed by atoms with Crippen molar-refractivity contribution >= 4 is 5.91 Å². The van der Waals surface area contributed by atoms with Crippen LogP contribution in [-0.4, -0.2) is 61.8 Å². The molecule has 0 aliphatic carbocycles. The average molecular weight is 295 g/mol. The first kappa shape index (κ1) is 15.3. The molecule has 1 atom stereocenters. The van der Waals surface area contributed by atoms with Crippen molar-refractivity contribution in [1.29, 1.82) is 0 Å².